The molecule has 0 bridgehead atoms. The van der Waals surface area contributed by atoms with Crippen LogP contribution in [0.5, 0.6) is 11.5 Å². The number of benzene rings is 1. The van der Waals surface area contributed by atoms with E-state index in [0.29, 0.717) is 56.6 Å². The molecular weight excluding hydrogens is 332 g/mol. The maximum absolute atomic E-state index is 12.5. The van der Waals surface area contributed by atoms with Crippen molar-refractivity contribution in [3.63, 3.8) is 0 Å². The van der Waals surface area contributed by atoms with Gasteiger partial charge in [-0.3, -0.25) is 9.59 Å². The van der Waals surface area contributed by atoms with E-state index in [2.05, 4.69) is 0 Å². The molecular formula is C20H30N2O4. The number of rotatable bonds is 7. The highest BCUT2D eigenvalue weighted by Gasteiger charge is 2.22. The van der Waals surface area contributed by atoms with Crippen molar-refractivity contribution in [2.75, 3.05) is 39.4 Å². The molecule has 0 unspecified atom stereocenters. The third kappa shape index (κ3) is 5.93. The number of nitrogens with zero attached hydrogens (tertiary/aromatic N) is 2. The molecule has 0 radical (unpaired) electrons. The van der Waals surface area contributed by atoms with Crippen LogP contribution in [0.2, 0.25) is 0 Å². The van der Waals surface area contributed by atoms with E-state index in [9.17, 15) is 9.59 Å². The maximum atomic E-state index is 12.5. The minimum absolute atomic E-state index is 0.0238. The number of ether oxygens (including phenoxy) is 2. The molecule has 0 spiro atoms. The van der Waals surface area contributed by atoms with Crippen molar-refractivity contribution in [1.29, 1.82) is 0 Å². The van der Waals surface area contributed by atoms with Gasteiger partial charge >= 0.3 is 0 Å². The van der Waals surface area contributed by atoms with Crippen molar-refractivity contribution in [1.82, 2.24) is 9.80 Å². The number of hydrogen-bond donors (Lipinski definition) is 0. The smallest absolute Gasteiger partial charge is 0.260 e. The topological polar surface area (TPSA) is 59.1 Å². The molecule has 2 amide bonds. The fourth-order valence-corrected chi connectivity index (χ4v) is 2.97. The Morgan fingerprint density at radius 1 is 0.962 bits per heavy atom. The Hall–Kier alpha value is -2.24. The molecule has 1 aromatic carbocycles. The van der Waals surface area contributed by atoms with Crippen LogP contribution in [0.1, 0.15) is 33.6 Å². The van der Waals surface area contributed by atoms with Crippen LogP contribution in [0.4, 0.5) is 0 Å². The molecule has 0 saturated carbocycles. The summed E-state index contributed by atoms with van der Waals surface area (Å²) in [6, 6.07) is 7.35. The van der Waals surface area contributed by atoms with Crippen molar-refractivity contribution in [3.05, 3.63) is 24.3 Å². The maximum Gasteiger partial charge on any atom is 0.260 e. The van der Waals surface area contributed by atoms with Crippen LogP contribution in [0.3, 0.4) is 0 Å². The lowest BCUT2D eigenvalue weighted by Crippen LogP contribution is -2.39. The molecule has 0 atom stereocenters. The van der Waals surface area contributed by atoms with Crippen LogP contribution in [0, 0.1) is 5.92 Å². The zero-order valence-electron chi connectivity index (χ0n) is 16.1. The number of carbonyl (C=O) groups is 2. The van der Waals surface area contributed by atoms with Gasteiger partial charge in [0.25, 0.3) is 5.91 Å². The second-order valence-electron chi connectivity index (χ2n) is 6.88. The SMILES string of the molecule is CCOc1ccccc1OCC(=O)N1CCCN(C(=O)CC(C)C)CC1. The Labute approximate surface area is 156 Å². The van der Waals surface area contributed by atoms with Gasteiger partial charge in [0.05, 0.1) is 6.61 Å². The molecule has 1 aliphatic heterocycles. The van der Waals surface area contributed by atoms with Crippen LogP contribution < -0.4 is 9.47 Å². The molecule has 0 aromatic heterocycles. The monoisotopic (exact) mass is 362 g/mol. The summed E-state index contributed by atoms with van der Waals surface area (Å²) in [5.41, 5.74) is 0. The quantitative estimate of drug-likeness (QED) is 0.748. The van der Waals surface area contributed by atoms with Gasteiger partial charge < -0.3 is 19.3 Å². The Kier molecular flexibility index (Phi) is 7.75. The minimum Gasteiger partial charge on any atom is -0.490 e. The normalized spacial score (nSPS) is 14.9. The highest BCUT2D eigenvalue weighted by Crippen LogP contribution is 2.26. The molecule has 0 N–H and O–H groups in total. The third-order valence-electron chi connectivity index (χ3n) is 4.28. The van der Waals surface area contributed by atoms with Gasteiger partial charge in [0.2, 0.25) is 5.91 Å². The molecule has 6 nitrogen and oxygen atoms in total. The van der Waals surface area contributed by atoms with Crippen molar-refractivity contribution in [2.45, 2.75) is 33.6 Å². The Bertz CT molecular complexity index is 603. The van der Waals surface area contributed by atoms with E-state index in [4.69, 9.17) is 9.47 Å². The van der Waals surface area contributed by atoms with Gasteiger partial charge in [0, 0.05) is 32.6 Å². The fourth-order valence-electron chi connectivity index (χ4n) is 2.97. The van der Waals surface area contributed by atoms with E-state index in [-0.39, 0.29) is 18.4 Å². The largest absolute Gasteiger partial charge is 0.490 e. The van der Waals surface area contributed by atoms with Crippen molar-refractivity contribution in [3.8, 4) is 11.5 Å². The predicted octanol–water partition coefficient (Wildman–Crippen LogP) is 2.57. The zero-order chi connectivity index (χ0) is 18.9. The lowest BCUT2D eigenvalue weighted by atomic mass is 10.1. The molecule has 1 saturated heterocycles. The summed E-state index contributed by atoms with van der Waals surface area (Å²) < 4.78 is 11.2. The fraction of sp³-hybridized carbons (Fsp3) is 0.600. The standard InChI is InChI=1S/C20H30N2O4/c1-4-25-17-8-5-6-9-18(17)26-15-20(24)22-11-7-10-21(12-13-22)19(23)14-16(2)3/h5-6,8-9,16H,4,7,10-15H2,1-3H3. The molecule has 1 heterocycles. The lowest BCUT2D eigenvalue weighted by Gasteiger charge is -2.23. The lowest BCUT2D eigenvalue weighted by molar-refractivity contribution is -0.135. The van der Waals surface area contributed by atoms with Gasteiger partial charge in [-0.25, -0.2) is 0 Å². The van der Waals surface area contributed by atoms with E-state index in [0.717, 1.165) is 6.42 Å². The average Bonchev–Trinajstić information content (AvgIpc) is 2.87. The highest BCUT2D eigenvalue weighted by atomic mass is 16.5. The van der Waals surface area contributed by atoms with Crippen LogP contribution >= 0.6 is 0 Å². The van der Waals surface area contributed by atoms with Crippen LogP contribution in [-0.2, 0) is 9.59 Å². The summed E-state index contributed by atoms with van der Waals surface area (Å²) in [5.74, 6) is 1.68. The first-order valence-electron chi connectivity index (χ1n) is 9.41. The van der Waals surface area contributed by atoms with Crippen LogP contribution in [0.15, 0.2) is 24.3 Å². The van der Waals surface area contributed by atoms with Crippen LogP contribution in [-0.4, -0.2) is 61.0 Å². The summed E-state index contributed by atoms with van der Waals surface area (Å²) in [6.07, 6.45) is 1.36. The molecule has 144 valence electrons. The van der Waals surface area contributed by atoms with Gasteiger partial charge in [0.1, 0.15) is 0 Å². The molecule has 1 aromatic rings. The first-order valence-corrected chi connectivity index (χ1v) is 9.41. The number of para-hydroxylation sites is 2. The van der Waals surface area contributed by atoms with E-state index >= 15 is 0 Å². The molecule has 0 aliphatic carbocycles. The van der Waals surface area contributed by atoms with E-state index in [1.807, 2.05) is 43.9 Å². The summed E-state index contributed by atoms with van der Waals surface area (Å²) in [5, 5.41) is 0. The first kappa shape index (κ1) is 20.1. The molecule has 2 rings (SSSR count). The van der Waals surface area contributed by atoms with E-state index in [1.165, 1.54) is 0 Å². The Morgan fingerprint density at radius 2 is 1.54 bits per heavy atom. The number of carbonyl (C=O) groups excluding carboxylic acids is 2. The molecule has 26 heavy (non-hydrogen) atoms. The van der Waals surface area contributed by atoms with Crippen molar-refractivity contribution in [2.24, 2.45) is 5.92 Å². The number of hydrogen-bond acceptors (Lipinski definition) is 4. The predicted molar refractivity (Wildman–Crippen MR) is 100 cm³/mol. The van der Waals surface area contributed by atoms with E-state index in [1.54, 1.807) is 11.0 Å². The average molecular weight is 362 g/mol. The van der Waals surface area contributed by atoms with Gasteiger partial charge in [-0.15, -0.1) is 0 Å². The Balaban J connectivity index is 1.86. The third-order valence-corrected chi connectivity index (χ3v) is 4.28. The van der Waals surface area contributed by atoms with Gasteiger partial charge in [-0.2, -0.15) is 0 Å². The first-order chi connectivity index (χ1) is 12.5. The minimum atomic E-state index is -0.0607. The zero-order valence-corrected chi connectivity index (χ0v) is 16.1. The van der Waals surface area contributed by atoms with Gasteiger partial charge in [-0.1, -0.05) is 26.0 Å². The molecule has 6 heteroatoms. The highest BCUT2D eigenvalue weighted by molar-refractivity contribution is 5.79. The van der Waals surface area contributed by atoms with Crippen LogP contribution in [0.25, 0.3) is 0 Å². The summed E-state index contributed by atoms with van der Waals surface area (Å²) in [6.45, 7) is 9.03. The summed E-state index contributed by atoms with van der Waals surface area (Å²) in [4.78, 5) is 28.4. The van der Waals surface area contributed by atoms with Crippen molar-refractivity contribution >= 4 is 11.8 Å². The van der Waals surface area contributed by atoms with Crippen molar-refractivity contribution < 1.29 is 19.1 Å². The number of amides is 2. The second-order valence-corrected chi connectivity index (χ2v) is 6.88. The second kappa shape index (κ2) is 10.0. The summed E-state index contributed by atoms with van der Waals surface area (Å²) >= 11 is 0. The molecule has 1 fully saturated rings. The van der Waals surface area contributed by atoms with Gasteiger partial charge in [0.15, 0.2) is 18.1 Å². The van der Waals surface area contributed by atoms with E-state index < -0.39 is 0 Å². The summed E-state index contributed by atoms with van der Waals surface area (Å²) in [7, 11) is 0. The molecule has 1 aliphatic rings. The van der Waals surface area contributed by atoms with Gasteiger partial charge in [-0.05, 0) is 31.4 Å². The Morgan fingerprint density at radius 3 is 2.12 bits per heavy atom.